The SMILES string of the molecule is O=S(=O)(c1cccnc1)N1CCCC(Cc2nc(-c3cnccn3)no2)C1. The second-order valence-corrected chi connectivity index (χ2v) is 8.30. The van der Waals surface area contributed by atoms with Crippen LogP contribution in [0.5, 0.6) is 0 Å². The second kappa shape index (κ2) is 7.49. The number of sulfonamides is 1. The molecule has 9 nitrogen and oxygen atoms in total. The van der Waals surface area contributed by atoms with Gasteiger partial charge < -0.3 is 4.52 Å². The Labute approximate surface area is 156 Å². The molecular formula is C17H18N6O3S. The van der Waals surface area contributed by atoms with Gasteiger partial charge in [0.1, 0.15) is 10.6 Å². The molecule has 3 aromatic rings. The Bertz CT molecular complexity index is 994. The fourth-order valence-corrected chi connectivity index (χ4v) is 4.68. The van der Waals surface area contributed by atoms with E-state index in [1.165, 1.54) is 10.5 Å². The van der Waals surface area contributed by atoms with E-state index < -0.39 is 10.0 Å². The van der Waals surface area contributed by atoms with Crippen molar-refractivity contribution in [3.63, 3.8) is 0 Å². The van der Waals surface area contributed by atoms with E-state index in [0.717, 1.165) is 12.8 Å². The molecule has 1 atom stereocenters. The molecule has 4 heterocycles. The van der Waals surface area contributed by atoms with E-state index in [9.17, 15) is 8.42 Å². The first-order valence-corrected chi connectivity index (χ1v) is 10.1. The summed E-state index contributed by atoms with van der Waals surface area (Å²) in [6, 6.07) is 3.19. The van der Waals surface area contributed by atoms with E-state index in [0.29, 0.717) is 36.9 Å². The lowest BCUT2D eigenvalue weighted by Crippen LogP contribution is -2.40. The highest BCUT2D eigenvalue weighted by Gasteiger charge is 2.31. The fourth-order valence-electron chi connectivity index (χ4n) is 3.16. The summed E-state index contributed by atoms with van der Waals surface area (Å²) in [5.74, 6) is 0.968. The van der Waals surface area contributed by atoms with Gasteiger partial charge in [0, 0.05) is 44.3 Å². The number of rotatable bonds is 5. The molecule has 27 heavy (non-hydrogen) atoms. The van der Waals surface area contributed by atoms with Crippen LogP contribution in [0, 0.1) is 5.92 Å². The molecule has 0 N–H and O–H groups in total. The maximum Gasteiger partial charge on any atom is 0.244 e. The number of nitrogens with zero attached hydrogens (tertiary/aromatic N) is 6. The Morgan fingerprint density at radius 1 is 1.19 bits per heavy atom. The number of pyridine rings is 1. The van der Waals surface area contributed by atoms with Gasteiger partial charge in [-0.15, -0.1) is 0 Å². The topological polar surface area (TPSA) is 115 Å². The van der Waals surface area contributed by atoms with E-state index in [-0.39, 0.29) is 10.8 Å². The second-order valence-electron chi connectivity index (χ2n) is 6.37. The molecule has 10 heteroatoms. The van der Waals surface area contributed by atoms with Crippen LogP contribution >= 0.6 is 0 Å². The lowest BCUT2D eigenvalue weighted by Gasteiger charge is -2.31. The molecule has 0 bridgehead atoms. The molecule has 0 amide bonds. The van der Waals surface area contributed by atoms with Crippen LogP contribution in [0.25, 0.3) is 11.5 Å². The first-order chi connectivity index (χ1) is 13.1. The van der Waals surface area contributed by atoms with Crippen molar-refractivity contribution in [1.82, 2.24) is 29.4 Å². The molecule has 0 aromatic carbocycles. The first-order valence-electron chi connectivity index (χ1n) is 8.62. The fraction of sp³-hybridized carbons (Fsp3) is 0.353. The summed E-state index contributed by atoms with van der Waals surface area (Å²) < 4.78 is 32.4. The Hall–Kier alpha value is -2.72. The Morgan fingerprint density at radius 3 is 2.85 bits per heavy atom. The number of piperidine rings is 1. The molecular weight excluding hydrogens is 368 g/mol. The third-order valence-corrected chi connectivity index (χ3v) is 6.33. The van der Waals surface area contributed by atoms with Crippen LogP contribution in [0.3, 0.4) is 0 Å². The molecule has 1 unspecified atom stereocenters. The van der Waals surface area contributed by atoms with Crippen molar-refractivity contribution in [2.45, 2.75) is 24.2 Å². The zero-order chi connectivity index (χ0) is 18.7. The van der Waals surface area contributed by atoms with Crippen molar-refractivity contribution >= 4 is 10.0 Å². The third kappa shape index (κ3) is 3.86. The van der Waals surface area contributed by atoms with Gasteiger partial charge in [-0.05, 0) is 30.9 Å². The zero-order valence-electron chi connectivity index (χ0n) is 14.5. The lowest BCUT2D eigenvalue weighted by atomic mass is 9.96. The average Bonchev–Trinajstić information content (AvgIpc) is 3.18. The predicted octanol–water partition coefficient (Wildman–Crippen LogP) is 1.56. The zero-order valence-corrected chi connectivity index (χ0v) is 15.3. The van der Waals surface area contributed by atoms with E-state index in [4.69, 9.17) is 4.52 Å². The van der Waals surface area contributed by atoms with Crippen LogP contribution in [-0.4, -0.2) is 50.9 Å². The number of hydrogen-bond donors (Lipinski definition) is 0. The van der Waals surface area contributed by atoms with Crippen LogP contribution in [0.2, 0.25) is 0 Å². The van der Waals surface area contributed by atoms with Crippen molar-refractivity contribution in [2.24, 2.45) is 5.92 Å². The van der Waals surface area contributed by atoms with Gasteiger partial charge in [-0.25, -0.2) is 13.4 Å². The smallest absolute Gasteiger partial charge is 0.244 e. The molecule has 1 aliphatic heterocycles. The predicted molar refractivity (Wildman–Crippen MR) is 94.7 cm³/mol. The minimum Gasteiger partial charge on any atom is -0.339 e. The number of hydrogen-bond acceptors (Lipinski definition) is 8. The molecule has 0 radical (unpaired) electrons. The van der Waals surface area contributed by atoms with E-state index in [1.54, 1.807) is 36.9 Å². The molecule has 4 rings (SSSR count). The van der Waals surface area contributed by atoms with Gasteiger partial charge in [0.2, 0.25) is 21.7 Å². The Kier molecular flexibility index (Phi) is 4.90. The highest BCUT2D eigenvalue weighted by molar-refractivity contribution is 7.89. The minimum absolute atomic E-state index is 0.111. The van der Waals surface area contributed by atoms with Gasteiger partial charge in [0.15, 0.2) is 0 Å². The standard InChI is InChI=1S/C17H18N6O3S/c24-27(25,14-4-1-5-18-10-14)23-8-2-3-13(12-23)9-16-21-17(22-26-16)15-11-19-6-7-20-15/h1,4-7,10-11,13H,2-3,8-9,12H2. The molecule has 0 saturated carbocycles. The van der Waals surface area contributed by atoms with Crippen molar-refractivity contribution in [3.8, 4) is 11.5 Å². The van der Waals surface area contributed by atoms with Gasteiger partial charge >= 0.3 is 0 Å². The molecule has 140 valence electrons. The molecule has 0 aliphatic carbocycles. The van der Waals surface area contributed by atoms with Crippen LogP contribution in [0.4, 0.5) is 0 Å². The van der Waals surface area contributed by atoms with Crippen LogP contribution in [-0.2, 0) is 16.4 Å². The van der Waals surface area contributed by atoms with Crippen molar-refractivity contribution in [2.75, 3.05) is 13.1 Å². The molecule has 1 saturated heterocycles. The van der Waals surface area contributed by atoms with Gasteiger partial charge in [0.05, 0.1) is 6.20 Å². The van der Waals surface area contributed by atoms with Gasteiger partial charge in [-0.3, -0.25) is 9.97 Å². The van der Waals surface area contributed by atoms with Crippen LogP contribution < -0.4 is 0 Å². The Morgan fingerprint density at radius 2 is 2.07 bits per heavy atom. The summed E-state index contributed by atoms with van der Waals surface area (Å²) in [7, 11) is -3.54. The first kappa shape index (κ1) is 17.7. The van der Waals surface area contributed by atoms with Gasteiger partial charge in [-0.2, -0.15) is 9.29 Å². The normalized spacial score (nSPS) is 18.4. The molecule has 1 aliphatic rings. The van der Waals surface area contributed by atoms with E-state index >= 15 is 0 Å². The highest BCUT2D eigenvalue weighted by Crippen LogP contribution is 2.25. The van der Waals surface area contributed by atoms with E-state index in [2.05, 4.69) is 25.1 Å². The van der Waals surface area contributed by atoms with Gasteiger partial charge in [-0.1, -0.05) is 5.16 Å². The summed E-state index contributed by atoms with van der Waals surface area (Å²) in [6.45, 7) is 0.919. The van der Waals surface area contributed by atoms with Gasteiger partial charge in [0.25, 0.3) is 0 Å². The lowest BCUT2D eigenvalue weighted by molar-refractivity contribution is 0.247. The van der Waals surface area contributed by atoms with Crippen molar-refractivity contribution < 1.29 is 12.9 Å². The average molecular weight is 386 g/mol. The van der Waals surface area contributed by atoms with Crippen LogP contribution in [0.1, 0.15) is 18.7 Å². The summed E-state index contributed by atoms with van der Waals surface area (Å²) in [6.07, 6.45) is 9.85. The monoisotopic (exact) mass is 386 g/mol. The molecule has 0 spiro atoms. The maximum atomic E-state index is 12.8. The van der Waals surface area contributed by atoms with Crippen molar-refractivity contribution in [3.05, 3.63) is 49.0 Å². The maximum absolute atomic E-state index is 12.8. The van der Waals surface area contributed by atoms with E-state index in [1.807, 2.05) is 0 Å². The van der Waals surface area contributed by atoms with Crippen LogP contribution in [0.15, 0.2) is 52.5 Å². The summed E-state index contributed by atoms with van der Waals surface area (Å²) in [5.41, 5.74) is 0.539. The van der Waals surface area contributed by atoms with Crippen molar-refractivity contribution in [1.29, 1.82) is 0 Å². The molecule has 1 fully saturated rings. The summed E-state index contributed by atoms with van der Waals surface area (Å²) >= 11 is 0. The minimum atomic E-state index is -3.54. The quantitative estimate of drug-likeness (QED) is 0.649. The summed E-state index contributed by atoms with van der Waals surface area (Å²) in [4.78, 5) is 16.6. The third-order valence-electron chi connectivity index (χ3n) is 4.48. The molecule has 3 aromatic heterocycles. The number of aromatic nitrogens is 5. The summed E-state index contributed by atoms with van der Waals surface area (Å²) in [5, 5.41) is 3.94. The highest BCUT2D eigenvalue weighted by atomic mass is 32.2. The largest absolute Gasteiger partial charge is 0.339 e. The Balaban J connectivity index is 1.46.